The van der Waals surface area contributed by atoms with Gasteiger partial charge in [-0.05, 0) is 82.1 Å². The standard InChI is InChI=1S/C34H49N5O4/c40-26-16-28-9-6-17-37(27-28)19-8-21-39-25-24-38(34(39)42)20-7-18-36-22-14-30(15-23-36)43-33(41)35-32-13-5-4-12-31(32)29-10-2-1-3-11-29/h1-5,10-13,28,30,40H,6-9,14-27H2,(H,35,41). The Morgan fingerprint density at radius 1 is 0.814 bits per heavy atom. The summed E-state index contributed by atoms with van der Waals surface area (Å²) in [4.78, 5) is 34.6. The largest absolute Gasteiger partial charge is 0.446 e. The zero-order valence-electron chi connectivity index (χ0n) is 25.5. The van der Waals surface area contributed by atoms with Crippen molar-refractivity contribution in [2.24, 2.45) is 5.92 Å². The van der Waals surface area contributed by atoms with Crippen molar-refractivity contribution in [3.05, 3.63) is 54.6 Å². The van der Waals surface area contributed by atoms with E-state index in [0.717, 1.165) is 114 Å². The van der Waals surface area contributed by atoms with Gasteiger partial charge in [0.2, 0.25) is 0 Å². The molecule has 234 valence electrons. The molecule has 9 heteroatoms. The van der Waals surface area contributed by atoms with Crippen LogP contribution >= 0.6 is 0 Å². The SMILES string of the molecule is O=C(Nc1ccccc1-c1ccccc1)OC1CCN(CCCN2CCN(CCCN3CCCC(CCO)C3)C2=O)CC1. The second-order valence-corrected chi connectivity index (χ2v) is 12.3. The predicted molar refractivity (Wildman–Crippen MR) is 170 cm³/mol. The topological polar surface area (TPSA) is 88.6 Å². The second kappa shape index (κ2) is 16.1. The molecule has 1 unspecified atom stereocenters. The van der Waals surface area contributed by atoms with Crippen LogP contribution in [-0.2, 0) is 4.74 Å². The van der Waals surface area contributed by atoms with Crippen LogP contribution in [0.1, 0.15) is 44.9 Å². The minimum Gasteiger partial charge on any atom is -0.446 e. The van der Waals surface area contributed by atoms with E-state index in [1.807, 2.05) is 64.4 Å². The third-order valence-corrected chi connectivity index (χ3v) is 9.18. The molecule has 0 radical (unpaired) electrons. The minimum atomic E-state index is -0.402. The smallest absolute Gasteiger partial charge is 0.411 e. The fourth-order valence-corrected chi connectivity index (χ4v) is 6.79. The summed E-state index contributed by atoms with van der Waals surface area (Å²) in [5.74, 6) is 0.619. The van der Waals surface area contributed by atoms with Crippen molar-refractivity contribution in [1.82, 2.24) is 19.6 Å². The molecule has 3 aliphatic heterocycles. The van der Waals surface area contributed by atoms with Crippen LogP contribution in [0.4, 0.5) is 15.3 Å². The first-order valence-corrected chi connectivity index (χ1v) is 16.3. The van der Waals surface area contributed by atoms with Crippen molar-refractivity contribution < 1.29 is 19.4 Å². The molecule has 2 N–H and O–H groups in total. The molecule has 3 amide bonds. The summed E-state index contributed by atoms with van der Waals surface area (Å²) < 4.78 is 5.78. The van der Waals surface area contributed by atoms with Crippen LogP contribution in [-0.4, -0.2) is 115 Å². The third-order valence-electron chi connectivity index (χ3n) is 9.18. The van der Waals surface area contributed by atoms with Crippen LogP contribution in [0.5, 0.6) is 0 Å². The van der Waals surface area contributed by atoms with Gasteiger partial charge >= 0.3 is 12.1 Å². The number of aliphatic hydroxyl groups excluding tert-OH is 1. The number of anilines is 1. The number of nitrogens with one attached hydrogen (secondary N) is 1. The summed E-state index contributed by atoms with van der Waals surface area (Å²) in [6.45, 7) is 9.56. The lowest BCUT2D eigenvalue weighted by atomic mass is 9.95. The van der Waals surface area contributed by atoms with E-state index < -0.39 is 6.09 Å². The Hall–Kier alpha value is -3.14. The number of piperidine rings is 2. The van der Waals surface area contributed by atoms with Crippen molar-refractivity contribution in [1.29, 1.82) is 0 Å². The van der Waals surface area contributed by atoms with E-state index in [0.29, 0.717) is 5.92 Å². The molecule has 9 nitrogen and oxygen atoms in total. The van der Waals surface area contributed by atoms with Gasteiger partial charge in [-0.2, -0.15) is 0 Å². The highest BCUT2D eigenvalue weighted by molar-refractivity contribution is 5.91. The number of amides is 3. The number of hydrogen-bond acceptors (Lipinski definition) is 6. The number of nitrogens with zero attached hydrogens (tertiary/aromatic N) is 4. The molecule has 3 aliphatic rings. The van der Waals surface area contributed by atoms with Gasteiger partial charge < -0.3 is 29.4 Å². The zero-order chi connectivity index (χ0) is 29.9. The number of ether oxygens (including phenoxy) is 1. The van der Waals surface area contributed by atoms with Gasteiger partial charge in [0.05, 0.1) is 5.69 Å². The number of rotatable bonds is 13. The van der Waals surface area contributed by atoms with Crippen LogP contribution in [0.15, 0.2) is 54.6 Å². The Morgan fingerprint density at radius 2 is 1.49 bits per heavy atom. The average Bonchev–Trinajstić information content (AvgIpc) is 3.37. The van der Waals surface area contributed by atoms with Gasteiger partial charge in [-0.25, -0.2) is 9.59 Å². The van der Waals surface area contributed by atoms with Crippen molar-refractivity contribution in [2.75, 3.05) is 77.4 Å². The Bertz CT molecular complexity index is 1150. The lowest BCUT2D eigenvalue weighted by Crippen LogP contribution is -2.40. The van der Waals surface area contributed by atoms with Gasteiger partial charge in [0, 0.05) is 58.0 Å². The maximum atomic E-state index is 12.9. The van der Waals surface area contributed by atoms with Gasteiger partial charge in [-0.15, -0.1) is 0 Å². The van der Waals surface area contributed by atoms with Crippen molar-refractivity contribution in [3.63, 3.8) is 0 Å². The monoisotopic (exact) mass is 591 g/mol. The number of likely N-dealkylation sites (tertiary alicyclic amines) is 2. The van der Waals surface area contributed by atoms with E-state index in [1.54, 1.807) is 0 Å². The maximum absolute atomic E-state index is 12.9. The summed E-state index contributed by atoms with van der Waals surface area (Å²) in [6, 6.07) is 18.0. The fourth-order valence-electron chi connectivity index (χ4n) is 6.79. The molecule has 0 saturated carbocycles. The number of carbonyl (C=O) groups is 2. The molecule has 43 heavy (non-hydrogen) atoms. The predicted octanol–water partition coefficient (Wildman–Crippen LogP) is 4.98. The number of hydrogen-bond donors (Lipinski definition) is 2. The molecular formula is C34H49N5O4. The van der Waals surface area contributed by atoms with Crippen LogP contribution in [0.25, 0.3) is 11.1 Å². The van der Waals surface area contributed by atoms with E-state index in [4.69, 9.17) is 4.74 Å². The quantitative estimate of drug-likeness (QED) is 0.342. The van der Waals surface area contributed by atoms with E-state index in [1.165, 1.54) is 12.8 Å². The van der Waals surface area contributed by atoms with Gasteiger partial charge in [0.25, 0.3) is 0 Å². The zero-order valence-corrected chi connectivity index (χ0v) is 25.5. The molecule has 1 atom stereocenters. The van der Waals surface area contributed by atoms with Crippen LogP contribution in [0, 0.1) is 5.92 Å². The van der Waals surface area contributed by atoms with Crippen LogP contribution in [0.3, 0.4) is 0 Å². The van der Waals surface area contributed by atoms with Crippen LogP contribution in [0.2, 0.25) is 0 Å². The number of urea groups is 1. The second-order valence-electron chi connectivity index (χ2n) is 12.3. The lowest BCUT2D eigenvalue weighted by molar-refractivity contribution is 0.0581. The molecule has 2 aromatic carbocycles. The summed E-state index contributed by atoms with van der Waals surface area (Å²) in [5.41, 5.74) is 2.77. The Balaban J connectivity index is 0.950. The molecule has 3 saturated heterocycles. The number of para-hydroxylation sites is 1. The third kappa shape index (κ3) is 9.17. The van der Waals surface area contributed by atoms with Crippen molar-refractivity contribution in [3.8, 4) is 11.1 Å². The van der Waals surface area contributed by atoms with Gasteiger partial charge in [0.15, 0.2) is 0 Å². The van der Waals surface area contributed by atoms with Gasteiger partial charge in [-0.3, -0.25) is 5.32 Å². The van der Waals surface area contributed by atoms with E-state index in [-0.39, 0.29) is 18.7 Å². The highest BCUT2D eigenvalue weighted by Gasteiger charge is 2.29. The fraction of sp³-hybridized carbons (Fsp3) is 0.588. The number of carbonyl (C=O) groups excluding carboxylic acids is 2. The minimum absolute atomic E-state index is 0.0839. The average molecular weight is 592 g/mol. The summed E-state index contributed by atoms with van der Waals surface area (Å²) in [5, 5.41) is 12.2. The molecule has 2 aromatic rings. The van der Waals surface area contributed by atoms with E-state index in [9.17, 15) is 14.7 Å². The molecule has 0 spiro atoms. The van der Waals surface area contributed by atoms with Crippen molar-refractivity contribution in [2.45, 2.75) is 51.0 Å². The number of benzene rings is 2. The highest BCUT2D eigenvalue weighted by atomic mass is 16.6. The molecule has 0 aromatic heterocycles. The first-order valence-electron chi connectivity index (χ1n) is 16.3. The maximum Gasteiger partial charge on any atom is 0.411 e. The first kappa shape index (κ1) is 31.3. The Kier molecular flexibility index (Phi) is 11.7. The molecule has 3 fully saturated rings. The lowest BCUT2D eigenvalue weighted by Gasteiger charge is -2.33. The number of aliphatic hydroxyl groups is 1. The first-order chi connectivity index (χ1) is 21.1. The van der Waals surface area contributed by atoms with Gasteiger partial charge in [0.1, 0.15) is 6.10 Å². The molecule has 3 heterocycles. The summed E-state index contributed by atoms with van der Waals surface area (Å²) in [6.07, 6.45) is 6.48. The molecule has 0 bridgehead atoms. The van der Waals surface area contributed by atoms with Crippen LogP contribution < -0.4 is 5.32 Å². The van der Waals surface area contributed by atoms with Crippen molar-refractivity contribution >= 4 is 17.8 Å². The normalized spacial score (nSPS) is 20.5. The summed E-state index contributed by atoms with van der Waals surface area (Å²) in [7, 11) is 0. The summed E-state index contributed by atoms with van der Waals surface area (Å²) >= 11 is 0. The van der Waals surface area contributed by atoms with E-state index in [2.05, 4.69) is 15.1 Å². The Labute approximate surface area is 256 Å². The Morgan fingerprint density at radius 3 is 2.21 bits per heavy atom. The van der Waals surface area contributed by atoms with Gasteiger partial charge in [-0.1, -0.05) is 48.5 Å². The highest BCUT2D eigenvalue weighted by Crippen LogP contribution is 2.28. The molecular weight excluding hydrogens is 542 g/mol. The molecule has 5 rings (SSSR count). The molecule has 0 aliphatic carbocycles. The van der Waals surface area contributed by atoms with E-state index >= 15 is 0 Å².